The van der Waals surface area contributed by atoms with Crippen LogP contribution in [0.15, 0.2) is 18.2 Å². The van der Waals surface area contributed by atoms with Gasteiger partial charge in [-0.05, 0) is 17.7 Å². The second-order valence-electron chi connectivity index (χ2n) is 4.61. The molecule has 0 saturated carbocycles. The molecule has 6 nitrogen and oxygen atoms in total. The summed E-state index contributed by atoms with van der Waals surface area (Å²) in [4.78, 5) is 13.6. The fourth-order valence-electron chi connectivity index (χ4n) is 1.85. The number of hydrogen-bond acceptors (Lipinski definition) is 5. The maximum Gasteiger partial charge on any atom is 0.236 e. The number of nitrogens with zero attached hydrogens (tertiary/aromatic N) is 1. The molecule has 0 spiro atoms. The van der Waals surface area contributed by atoms with E-state index in [1.165, 1.54) is 0 Å². The van der Waals surface area contributed by atoms with E-state index in [1.807, 2.05) is 18.2 Å². The Kier molecular flexibility index (Phi) is 7.56. The van der Waals surface area contributed by atoms with Gasteiger partial charge in [0, 0.05) is 27.2 Å². The zero-order chi connectivity index (χ0) is 15.7. The molecule has 0 bridgehead atoms. The van der Waals surface area contributed by atoms with E-state index in [-0.39, 0.29) is 5.91 Å². The van der Waals surface area contributed by atoms with Gasteiger partial charge in [-0.2, -0.15) is 0 Å². The van der Waals surface area contributed by atoms with Crippen molar-refractivity contribution in [3.05, 3.63) is 23.8 Å². The van der Waals surface area contributed by atoms with Gasteiger partial charge < -0.3 is 24.4 Å². The lowest BCUT2D eigenvalue weighted by molar-refractivity contribution is -0.129. The standard InChI is InChI=1S/C15H24N2O4/c1-17(15(18)10-16-7-8-19-2)11-12-5-6-13(20-3)14(9-12)21-4/h5-6,9,16H,7-8,10-11H2,1-4H3. The van der Waals surface area contributed by atoms with Gasteiger partial charge in [0.05, 0.1) is 27.4 Å². The lowest BCUT2D eigenvalue weighted by Gasteiger charge is -2.18. The Hall–Kier alpha value is -1.79. The van der Waals surface area contributed by atoms with E-state index < -0.39 is 0 Å². The third-order valence-electron chi connectivity index (χ3n) is 3.05. The highest BCUT2D eigenvalue weighted by atomic mass is 16.5. The average molecular weight is 296 g/mol. The molecular weight excluding hydrogens is 272 g/mol. The number of nitrogens with one attached hydrogen (secondary N) is 1. The molecule has 1 rings (SSSR count). The molecule has 0 fully saturated rings. The van der Waals surface area contributed by atoms with Gasteiger partial charge in [0.1, 0.15) is 0 Å². The summed E-state index contributed by atoms with van der Waals surface area (Å²) in [5.74, 6) is 1.37. The molecule has 1 amide bonds. The Bertz CT molecular complexity index is 451. The highest BCUT2D eigenvalue weighted by Gasteiger charge is 2.11. The third kappa shape index (κ3) is 5.61. The summed E-state index contributed by atoms with van der Waals surface area (Å²) >= 11 is 0. The molecule has 118 valence electrons. The normalized spacial score (nSPS) is 10.3. The summed E-state index contributed by atoms with van der Waals surface area (Å²) in [5.41, 5.74) is 0.986. The lowest BCUT2D eigenvalue weighted by Crippen LogP contribution is -2.36. The predicted molar refractivity (Wildman–Crippen MR) is 80.8 cm³/mol. The molecule has 0 radical (unpaired) electrons. The van der Waals surface area contributed by atoms with E-state index in [9.17, 15) is 4.79 Å². The fraction of sp³-hybridized carbons (Fsp3) is 0.533. The molecule has 0 aliphatic rings. The van der Waals surface area contributed by atoms with Gasteiger partial charge >= 0.3 is 0 Å². The topological polar surface area (TPSA) is 60.0 Å². The third-order valence-corrected chi connectivity index (χ3v) is 3.05. The number of ether oxygens (including phenoxy) is 3. The van der Waals surface area contributed by atoms with E-state index in [4.69, 9.17) is 14.2 Å². The van der Waals surface area contributed by atoms with Gasteiger partial charge in [-0.3, -0.25) is 4.79 Å². The van der Waals surface area contributed by atoms with Gasteiger partial charge in [0.15, 0.2) is 11.5 Å². The minimum atomic E-state index is 0.0286. The molecule has 0 aromatic heterocycles. The molecule has 0 unspecified atom stereocenters. The Balaban J connectivity index is 2.53. The van der Waals surface area contributed by atoms with Gasteiger partial charge in [-0.15, -0.1) is 0 Å². The maximum absolute atomic E-state index is 12.0. The molecule has 21 heavy (non-hydrogen) atoms. The summed E-state index contributed by atoms with van der Waals surface area (Å²) in [6.45, 7) is 2.07. The van der Waals surface area contributed by atoms with Crippen LogP contribution in [0, 0.1) is 0 Å². The second kappa shape index (κ2) is 9.20. The quantitative estimate of drug-likeness (QED) is 0.686. The van der Waals surface area contributed by atoms with E-state index in [1.54, 1.807) is 33.3 Å². The van der Waals surface area contributed by atoms with Crippen LogP contribution in [0.3, 0.4) is 0 Å². The molecule has 0 atom stereocenters. The summed E-state index contributed by atoms with van der Waals surface area (Å²) in [5, 5.41) is 3.03. The van der Waals surface area contributed by atoms with Crippen LogP contribution in [-0.4, -0.2) is 58.9 Å². The van der Waals surface area contributed by atoms with E-state index >= 15 is 0 Å². The first-order chi connectivity index (χ1) is 10.1. The molecule has 0 aliphatic heterocycles. The molecule has 0 saturated heterocycles. The Morgan fingerprint density at radius 2 is 1.90 bits per heavy atom. The van der Waals surface area contributed by atoms with Gasteiger partial charge in [-0.1, -0.05) is 6.07 Å². The van der Waals surface area contributed by atoms with Crippen LogP contribution in [0.5, 0.6) is 11.5 Å². The van der Waals surface area contributed by atoms with Crippen LogP contribution in [0.25, 0.3) is 0 Å². The highest BCUT2D eigenvalue weighted by molar-refractivity contribution is 5.78. The monoisotopic (exact) mass is 296 g/mol. The largest absolute Gasteiger partial charge is 0.493 e. The summed E-state index contributed by atoms with van der Waals surface area (Å²) in [6, 6.07) is 5.63. The number of methoxy groups -OCH3 is 3. The van der Waals surface area contributed by atoms with Crippen molar-refractivity contribution in [2.75, 3.05) is 48.1 Å². The minimum absolute atomic E-state index is 0.0286. The van der Waals surface area contributed by atoms with Crippen molar-refractivity contribution >= 4 is 5.91 Å². The minimum Gasteiger partial charge on any atom is -0.493 e. The van der Waals surface area contributed by atoms with E-state index in [2.05, 4.69) is 5.32 Å². The SMILES string of the molecule is COCCNCC(=O)N(C)Cc1ccc(OC)c(OC)c1. The molecule has 1 N–H and O–H groups in total. The average Bonchev–Trinajstić information content (AvgIpc) is 2.51. The second-order valence-corrected chi connectivity index (χ2v) is 4.61. The van der Waals surface area contributed by atoms with Gasteiger partial charge in [0.2, 0.25) is 5.91 Å². The van der Waals surface area contributed by atoms with E-state index in [0.717, 1.165) is 5.56 Å². The molecule has 0 heterocycles. The molecular formula is C15H24N2O4. The molecule has 1 aromatic rings. The Labute approximate surface area is 126 Å². The Morgan fingerprint density at radius 1 is 1.19 bits per heavy atom. The summed E-state index contributed by atoms with van der Waals surface area (Å²) in [7, 11) is 6.60. The molecule has 1 aromatic carbocycles. The number of benzene rings is 1. The fourth-order valence-corrected chi connectivity index (χ4v) is 1.85. The number of amides is 1. The zero-order valence-corrected chi connectivity index (χ0v) is 13.1. The highest BCUT2D eigenvalue weighted by Crippen LogP contribution is 2.27. The van der Waals surface area contributed by atoms with Crippen molar-refractivity contribution in [3.63, 3.8) is 0 Å². The van der Waals surface area contributed by atoms with Crippen molar-refractivity contribution in [2.24, 2.45) is 0 Å². The zero-order valence-electron chi connectivity index (χ0n) is 13.1. The summed E-state index contributed by atoms with van der Waals surface area (Å²) in [6.07, 6.45) is 0. The van der Waals surface area contributed by atoms with Crippen molar-refractivity contribution in [3.8, 4) is 11.5 Å². The maximum atomic E-state index is 12.0. The van der Waals surface area contributed by atoms with Crippen molar-refractivity contribution in [2.45, 2.75) is 6.54 Å². The molecule has 6 heteroatoms. The van der Waals surface area contributed by atoms with Crippen LogP contribution in [0.1, 0.15) is 5.56 Å². The van der Waals surface area contributed by atoms with Crippen molar-refractivity contribution < 1.29 is 19.0 Å². The van der Waals surface area contributed by atoms with Crippen LogP contribution < -0.4 is 14.8 Å². The van der Waals surface area contributed by atoms with Crippen molar-refractivity contribution in [1.29, 1.82) is 0 Å². The van der Waals surface area contributed by atoms with E-state index in [0.29, 0.717) is 37.7 Å². The first kappa shape index (κ1) is 17.3. The van der Waals surface area contributed by atoms with Crippen molar-refractivity contribution in [1.82, 2.24) is 10.2 Å². The Morgan fingerprint density at radius 3 is 2.52 bits per heavy atom. The smallest absolute Gasteiger partial charge is 0.236 e. The first-order valence-corrected chi connectivity index (χ1v) is 6.77. The number of likely N-dealkylation sites (N-methyl/N-ethyl adjacent to an activating group) is 1. The lowest BCUT2D eigenvalue weighted by atomic mass is 10.2. The number of carbonyl (C=O) groups is 1. The van der Waals surface area contributed by atoms with Gasteiger partial charge in [0.25, 0.3) is 0 Å². The predicted octanol–water partition coefficient (Wildman–Crippen LogP) is 0.898. The number of rotatable bonds is 9. The van der Waals surface area contributed by atoms with Gasteiger partial charge in [-0.25, -0.2) is 0 Å². The van der Waals surface area contributed by atoms with Crippen LogP contribution in [-0.2, 0) is 16.1 Å². The van der Waals surface area contributed by atoms with Crippen LogP contribution in [0.2, 0.25) is 0 Å². The van der Waals surface area contributed by atoms with Crippen LogP contribution >= 0.6 is 0 Å². The number of hydrogen-bond donors (Lipinski definition) is 1. The summed E-state index contributed by atoms with van der Waals surface area (Å²) < 4.78 is 15.4. The number of carbonyl (C=O) groups excluding carboxylic acids is 1. The first-order valence-electron chi connectivity index (χ1n) is 6.77. The van der Waals surface area contributed by atoms with Crippen LogP contribution in [0.4, 0.5) is 0 Å². The molecule has 0 aliphatic carbocycles.